The van der Waals surface area contributed by atoms with Gasteiger partial charge >= 0.3 is 7.82 Å². The lowest BCUT2D eigenvalue weighted by Gasteiger charge is -2.18. The number of rotatable bonds is 10. The molecule has 0 N–H and O–H groups in total. The third-order valence-electron chi connectivity index (χ3n) is 2.51. The maximum atomic E-state index is 13.1. The van der Waals surface area contributed by atoms with Crippen molar-refractivity contribution in [2.24, 2.45) is 0 Å². The molecule has 0 spiro atoms. The summed E-state index contributed by atoms with van der Waals surface area (Å²) in [6, 6.07) is 5.43. The van der Waals surface area contributed by atoms with Crippen LogP contribution in [0.25, 0.3) is 0 Å². The Hall–Kier alpha value is -0.900. The van der Waals surface area contributed by atoms with Gasteiger partial charge in [-0.1, -0.05) is 32.8 Å². The van der Waals surface area contributed by atoms with Crippen molar-refractivity contribution < 1.29 is 22.5 Å². The van der Waals surface area contributed by atoms with Crippen molar-refractivity contribution >= 4 is 7.82 Å². The molecule has 0 unspecified atom stereocenters. The second kappa shape index (κ2) is 9.11. The molecule has 1 aromatic carbocycles. The van der Waals surface area contributed by atoms with Crippen molar-refractivity contribution in [1.82, 2.24) is 0 Å². The Labute approximate surface area is 119 Å². The first-order valence-electron chi connectivity index (χ1n) is 6.94. The van der Waals surface area contributed by atoms with Crippen molar-refractivity contribution in [3.63, 3.8) is 0 Å². The average molecular weight is 304 g/mol. The van der Waals surface area contributed by atoms with Gasteiger partial charge in [0.25, 0.3) is 0 Å². The summed E-state index contributed by atoms with van der Waals surface area (Å²) < 4.78 is 41.3. The minimum atomic E-state index is -3.69. The summed E-state index contributed by atoms with van der Waals surface area (Å²) in [5.41, 5.74) is 0. The highest BCUT2D eigenvalue weighted by Crippen LogP contribution is 2.49. The van der Waals surface area contributed by atoms with E-state index in [9.17, 15) is 8.96 Å². The van der Waals surface area contributed by atoms with Gasteiger partial charge in [0, 0.05) is 6.07 Å². The molecule has 0 bridgehead atoms. The molecule has 0 aliphatic carbocycles. The van der Waals surface area contributed by atoms with Gasteiger partial charge in [0.05, 0.1) is 13.2 Å². The fraction of sp³-hybridized carbons (Fsp3) is 0.571. The van der Waals surface area contributed by atoms with Crippen molar-refractivity contribution in [3.05, 3.63) is 30.1 Å². The summed E-state index contributed by atoms with van der Waals surface area (Å²) in [7, 11) is -3.69. The molecule has 1 rings (SSSR count). The molecule has 0 radical (unpaired) electrons. The first-order chi connectivity index (χ1) is 9.59. The molecule has 4 nitrogen and oxygen atoms in total. The summed E-state index contributed by atoms with van der Waals surface area (Å²) >= 11 is 0. The molecule has 114 valence electrons. The Bertz CT molecular complexity index is 425. The normalized spacial score (nSPS) is 11.6. The zero-order valence-corrected chi connectivity index (χ0v) is 12.9. The number of halogens is 1. The molecule has 0 aromatic heterocycles. The lowest BCUT2D eigenvalue weighted by atomic mass is 10.3. The van der Waals surface area contributed by atoms with Crippen LogP contribution in [0.1, 0.15) is 39.5 Å². The van der Waals surface area contributed by atoms with E-state index in [1.807, 2.05) is 13.8 Å². The van der Waals surface area contributed by atoms with Crippen LogP contribution in [0, 0.1) is 5.82 Å². The van der Waals surface area contributed by atoms with E-state index >= 15 is 0 Å². The first kappa shape index (κ1) is 17.2. The Balaban J connectivity index is 2.67. The van der Waals surface area contributed by atoms with Gasteiger partial charge in [0.1, 0.15) is 11.6 Å². The molecule has 20 heavy (non-hydrogen) atoms. The fourth-order valence-electron chi connectivity index (χ4n) is 1.38. The van der Waals surface area contributed by atoms with Crippen LogP contribution in [-0.4, -0.2) is 13.2 Å². The molecule has 0 heterocycles. The Kier molecular flexibility index (Phi) is 7.82. The van der Waals surface area contributed by atoms with E-state index in [-0.39, 0.29) is 19.0 Å². The van der Waals surface area contributed by atoms with Crippen LogP contribution in [0.15, 0.2) is 24.3 Å². The first-order valence-corrected chi connectivity index (χ1v) is 8.40. The van der Waals surface area contributed by atoms with E-state index in [1.54, 1.807) is 0 Å². The lowest BCUT2D eigenvalue weighted by molar-refractivity contribution is 0.152. The molecule has 0 fully saturated rings. The third-order valence-corrected chi connectivity index (χ3v) is 3.94. The smallest absolute Gasteiger partial charge is 0.404 e. The Morgan fingerprint density at radius 2 is 1.70 bits per heavy atom. The summed E-state index contributed by atoms with van der Waals surface area (Å²) in [4.78, 5) is 0. The lowest BCUT2D eigenvalue weighted by Crippen LogP contribution is -2.05. The SMILES string of the molecule is CCCCOP(=O)(OCCCC)Oc1cccc(F)c1. The highest BCUT2D eigenvalue weighted by Gasteiger charge is 2.28. The topological polar surface area (TPSA) is 44.8 Å². The molecule has 0 saturated heterocycles. The summed E-state index contributed by atoms with van der Waals surface area (Å²) in [5, 5.41) is 0. The highest BCUT2D eigenvalue weighted by molar-refractivity contribution is 7.48. The van der Waals surface area contributed by atoms with Crippen molar-refractivity contribution in [1.29, 1.82) is 0 Å². The largest absolute Gasteiger partial charge is 0.530 e. The van der Waals surface area contributed by atoms with Gasteiger partial charge in [-0.15, -0.1) is 0 Å². The number of benzene rings is 1. The number of unbranched alkanes of at least 4 members (excludes halogenated alkanes) is 2. The van der Waals surface area contributed by atoms with Gasteiger partial charge < -0.3 is 4.52 Å². The predicted octanol–water partition coefficient (Wildman–Crippen LogP) is 4.95. The molecule has 6 heteroatoms. The van der Waals surface area contributed by atoms with E-state index in [0.29, 0.717) is 0 Å². The van der Waals surface area contributed by atoms with E-state index in [1.165, 1.54) is 18.2 Å². The fourth-order valence-corrected chi connectivity index (χ4v) is 2.64. The van der Waals surface area contributed by atoms with Crippen LogP contribution in [0.5, 0.6) is 5.75 Å². The van der Waals surface area contributed by atoms with Gasteiger partial charge in [-0.05, 0) is 25.0 Å². The zero-order chi connectivity index (χ0) is 14.8. The average Bonchev–Trinajstić information content (AvgIpc) is 2.39. The summed E-state index contributed by atoms with van der Waals surface area (Å²) in [6.07, 6.45) is 3.34. The van der Waals surface area contributed by atoms with Gasteiger partial charge in [0.2, 0.25) is 0 Å². The van der Waals surface area contributed by atoms with Crippen LogP contribution in [-0.2, 0) is 13.6 Å². The van der Waals surface area contributed by atoms with E-state index in [0.717, 1.165) is 31.7 Å². The monoisotopic (exact) mass is 304 g/mol. The molecular weight excluding hydrogens is 282 g/mol. The molecule has 0 aliphatic heterocycles. The van der Waals surface area contributed by atoms with Crippen LogP contribution in [0.2, 0.25) is 0 Å². The number of phosphoric ester groups is 1. The van der Waals surface area contributed by atoms with E-state index in [2.05, 4.69) is 0 Å². The number of hydrogen-bond acceptors (Lipinski definition) is 4. The van der Waals surface area contributed by atoms with E-state index < -0.39 is 13.6 Å². The summed E-state index contributed by atoms with van der Waals surface area (Å²) in [5.74, 6) is -0.322. The molecule has 1 aromatic rings. The van der Waals surface area contributed by atoms with Crippen molar-refractivity contribution in [2.75, 3.05) is 13.2 Å². The standard InChI is InChI=1S/C14H22FO4P/c1-3-5-10-17-20(16,18-11-6-4-2)19-14-9-7-8-13(15)12-14/h7-9,12H,3-6,10-11H2,1-2H3. The second-order valence-electron chi connectivity index (χ2n) is 4.37. The van der Waals surface area contributed by atoms with Crippen LogP contribution in [0.3, 0.4) is 0 Å². The third kappa shape index (κ3) is 6.51. The molecule has 0 aliphatic rings. The maximum Gasteiger partial charge on any atom is 0.530 e. The Morgan fingerprint density at radius 1 is 1.10 bits per heavy atom. The van der Waals surface area contributed by atoms with Gasteiger partial charge in [0.15, 0.2) is 0 Å². The molecule has 0 saturated carbocycles. The molecule has 0 atom stereocenters. The molecule has 0 amide bonds. The predicted molar refractivity (Wildman–Crippen MR) is 76.4 cm³/mol. The minimum absolute atomic E-state index is 0.140. The van der Waals surface area contributed by atoms with E-state index in [4.69, 9.17) is 13.6 Å². The highest BCUT2D eigenvalue weighted by atomic mass is 31.2. The number of phosphoric acid groups is 1. The van der Waals surface area contributed by atoms with Gasteiger partial charge in [-0.3, -0.25) is 9.05 Å². The van der Waals surface area contributed by atoms with Crippen molar-refractivity contribution in [2.45, 2.75) is 39.5 Å². The minimum Gasteiger partial charge on any atom is -0.404 e. The summed E-state index contributed by atoms with van der Waals surface area (Å²) in [6.45, 7) is 4.57. The maximum absolute atomic E-state index is 13.1. The van der Waals surface area contributed by atoms with Crippen LogP contribution in [0.4, 0.5) is 4.39 Å². The van der Waals surface area contributed by atoms with Crippen molar-refractivity contribution in [3.8, 4) is 5.75 Å². The van der Waals surface area contributed by atoms with Crippen LogP contribution >= 0.6 is 7.82 Å². The number of hydrogen-bond donors (Lipinski definition) is 0. The zero-order valence-electron chi connectivity index (χ0n) is 12.0. The quantitative estimate of drug-likeness (QED) is 0.453. The van der Waals surface area contributed by atoms with Gasteiger partial charge in [-0.25, -0.2) is 8.96 Å². The molecular formula is C14H22FO4P. The van der Waals surface area contributed by atoms with Gasteiger partial charge in [-0.2, -0.15) is 0 Å². The second-order valence-corrected chi connectivity index (χ2v) is 5.96. The van der Waals surface area contributed by atoms with Crippen LogP contribution < -0.4 is 4.52 Å². The Morgan fingerprint density at radius 3 is 2.20 bits per heavy atom.